The average molecular weight is 480 g/mol. The number of hydrogen-bond donors (Lipinski definition) is 0. The van der Waals surface area contributed by atoms with Crippen molar-refractivity contribution in [1.82, 2.24) is 4.57 Å². The van der Waals surface area contributed by atoms with E-state index in [1.165, 1.54) is 0 Å². The molecule has 1 aromatic heterocycles. The first kappa shape index (κ1) is 16.9. The molecule has 1 heterocycles. The molecule has 0 aliphatic heterocycles. The molecule has 0 unspecified atom stereocenters. The Balaban J connectivity index is 2.48. The molecule has 0 saturated heterocycles. The highest BCUT2D eigenvalue weighted by molar-refractivity contribution is 14.1. The van der Waals surface area contributed by atoms with Crippen LogP contribution in [0.2, 0.25) is 0 Å². The SMILES string of the molecule is CCn1c(-c2ccc(OCSC)cc2Br)ccc(I)c1=O. The van der Waals surface area contributed by atoms with Gasteiger partial charge in [0, 0.05) is 16.6 Å². The van der Waals surface area contributed by atoms with E-state index in [0.29, 0.717) is 12.5 Å². The summed E-state index contributed by atoms with van der Waals surface area (Å²) < 4.78 is 9.02. The van der Waals surface area contributed by atoms with Crippen LogP contribution < -0.4 is 10.3 Å². The topological polar surface area (TPSA) is 31.2 Å². The van der Waals surface area contributed by atoms with Crippen molar-refractivity contribution in [2.75, 3.05) is 12.2 Å². The largest absolute Gasteiger partial charge is 0.483 e. The Morgan fingerprint density at radius 1 is 1.33 bits per heavy atom. The van der Waals surface area contributed by atoms with Gasteiger partial charge in [0.25, 0.3) is 5.56 Å². The third kappa shape index (κ3) is 3.84. The van der Waals surface area contributed by atoms with Crippen molar-refractivity contribution in [3.05, 3.63) is 48.7 Å². The second kappa shape index (κ2) is 7.69. The highest BCUT2D eigenvalue weighted by Crippen LogP contribution is 2.31. The Kier molecular flexibility index (Phi) is 6.19. The molecule has 2 rings (SSSR count). The van der Waals surface area contributed by atoms with Crippen molar-refractivity contribution in [1.29, 1.82) is 0 Å². The van der Waals surface area contributed by atoms with Gasteiger partial charge in [-0.05, 0) is 82.0 Å². The number of nitrogens with zero attached hydrogens (tertiary/aromatic N) is 1. The van der Waals surface area contributed by atoms with Gasteiger partial charge in [0.1, 0.15) is 11.7 Å². The smallest absolute Gasteiger partial charge is 0.264 e. The van der Waals surface area contributed by atoms with Gasteiger partial charge in [-0.1, -0.05) is 0 Å². The Morgan fingerprint density at radius 3 is 2.71 bits per heavy atom. The van der Waals surface area contributed by atoms with E-state index in [-0.39, 0.29) is 5.56 Å². The number of thioether (sulfide) groups is 1. The summed E-state index contributed by atoms with van der Waals surface area (Å²) in [5.74, 6) is 1.44. The fourth-order valence-electron chi connectivity index (χ4n) is 2.02. The summed E-state index contributed by atoms with van der Waals surface area (Å²) in [5.41, 5.74) is 1.94. The number of aromatic nitrogens is 1. The van der Waals surface area contributed by atoms with E-state index < -0.39 is 0 Å². The van der Waals surface area contributed by atoms with Crippen molar-refractivity contribution in [3.8, 4) is 17.0 Å². The van der Waals surface area contributed by atoms with Gasteiger partial charge in [0.2, 0.25) is 0 Å². The fourth-order valence-corrected chi connectivity index (χ4v) is 3.31. The van der Waals surface area contributed by atoms with Crippen LogP contribution in [-0.2, 0) is 6.54 Å². The van der Waals surface area contributed by atoms with Crippen LogP contribution in [0, 0.1) is 3.57 Å². The quantitative estimate of drug-likeness (QED) is 0.463. The average Bonchev–Trinajstić information content (AvgIpc) is 2.48. The molecule has 3 nitrogen and oxygen atoms in total. The lowest BCUT2D eigenvalue weighted by Crippen LogP contribution is -2.22. The van der Waals surface area contributed by atoms with Crippen LogP contribution >= 0.6 is 50.3 Å². The van der Waals surface area contributed by atoms with E-state index >= 15 is 0 Å². The molecular formula is C15H15BrINO2S. The van der Waals surface area contributed by atoms with Gasteiger partial charge >= 0.3 is 0 Å². The minimum Gasteiger partial charge on any atom is -0.483 e. The van der Waals surface area contributed by atoms with Crippen LogP contribution in [0.5, 0.6) is 5.75 Å². The van der Waals surface area contributed by atoms with Crippen molar-refractivity contribution in [2.24, 2.45) is 0 Å². The Labute approximate surface area is 150 Å². The van der Waals surface area contributed by atoms with Crippen molar-refractivity contribution >= 4 is 50.3 Å². The van der Waals surface area contributed by atoms with Gasteiger partial charge in [0.05, 0.1) is 9.26 Å². The Hall–Kier alpha value is -0.470. The van der Waals surface area contributed by atoms with Gasteiger partial charge < -0.3 is 9.30 Å². The minimum atomic E-state index is 0.0465. The monoisotopic (exact) mass is 479 g/mol. The molecule has 112 valence electrons. The number of ether oxygens (including phenoxy) is 1. The molecule has 1 aromatic carbocycles. The molecule has 0 fully saturated rings. The predicted octanol–water partition coefficient (Wildman–Crippen LogP) is 4.60. The zero-order valence-corrected chi connectivity index (χ0v) is 16.3. The van der Waals surface area contributed by atoms with Gasteiger partial charge in [-0.25, -0.2) is 0 Å². The fraction of sp³-hybridized carbons (Fsp3) is 0.267. The minimum absolute atomic E-state index is 0.0465. The molecule has 6 heteroatoms. The molecule has 0 radical (unpaired) electrons. The maximum absolute atomic E-state index is 12.2. The van der Waals surface area contributed by atoms with Crippen molar-refractivity contribution < 1.29 is 4.74 Å². The van der Waals surface area contributed by atoms with Crippen molar-refractivity contribution in [3.63, 3.8) is 0 Å². The van der Waals surface area contributed by atoms with Crippen LogP contribution in [0.4, 0.5) is 0 Å². The van der Waals surface area contributed by atoms with E-state index in [1.54, 1.807) is 16.3 Å². The third-order valence-electron chi connectivity index (χ3n) is 3.00. The van der Waals surface area contributed by atoms with E-state index in [4.69, 9.17) is 4.74 Å². The maximum Gasteiger partial charge on any atom is 0.264 e. The lowest BCUT2D eigenvalue weighted by molar-refractivity contribution is 0.393. The number of pyridine rings is 1. The number of benzene rings is 1. The normalized spacial score (nSPS) is 10.7. The number of rotatable bonds is 5. The molecule has 0 bridgehead atoms. The molecule has 21 heavy (non-hydrogen) atoms. The summed E-state index contributed by atoms with van der Waals surface area (Å²) in [6, 6.07) is 9.68. The molecular weight excluding hydrogens is 465 g/mol. The second-order valence-corrected chi connectivity index (χ2v) is 7.14. The molecule has 0 aliphatic carbocycles. The maximum atomic E-state index is 12.2. The summed E-state index contributed by atoms with van der Waals surface area (Å²) >= 11 is 7.28. The highest BCUT2D eigenvalue weighted by atomic mass is 127. The summed E-state index contributed by atoms with van der Waals surface area (Å²) in [6.07, 6.45) is 1.99. The summed E-state index contributed by atoms with van der Waals surface area (Å²) in [4.78, 5) is 12.2. The van der Waals surface area contributed by atoms with Crippen molar-refractivity contribution in [2.45, 2.75) is 13.5 Å². The van der Waals surface area contributed by atoms with Crippen LogP contribution in [0.1, 0.15) is 6.92 Å². The van der Waals surface area contributed by atoms with Gasteiger partial charge in [-0.2, -0.15) is 0 Å². The number of hydrogen-bond acceptors (Lipinski definition) is 3. The number of halogens is 2. The Bertz CT molecular complexity index is 703. The molecule has 0 aliphatic rings. The van der Waals surface area contributed by atoms with Gasteiger partial charge in [-0.3, -0.25) is 4.79 Å². The molecule has 0 N–H and O–H groups in total. The zero-order valence-electron chi connectivity index (χ0n) is 11.7. The van der Waals surface area contributed by atoms with Crippen LogP contribution in [0.25, 0.3) is 11.3 Å². The Morgan fingerprint density at radius 2 is 2.10 bits per heavy atom. The van der Waals surface area contributed by atoms with Crippen LogP contribution in [0.3, 0.4) is 0 Å². The standard InChI is InChI=1S/C15H15BrINO2S/c1-3-18-14(7-6-13(17)15(18)19)11-5-4-10(8-12(11)16)20-9-21-2/h4-8H,3,9H2,1-2H3. The lowest BCUT2D eigenvalue weighted by atomic mass is 10.1. The van der Waals surface area contributed by atoms with E-state index in [9.17, 15) is 4.79 Å². The van der Waals surface area contributed by atoms with E-state index in [2.05, 4.69) is 38.5 Å². The molecule has 0 atom stereocenters. The van der Waals surface area contributed by atoms with E-state index in [0.717, 1.165) is 25.0 Å². The summed E-state index contributed by atoms with van der Waals surface area (Å²) in [5, 5.41) is 0. The zero-order chi connectivity index (χ0) is 15.4. The predicted molar refractivity (Wildman–Crippen MR) is 101 cm³/mol. The van der Waals surface area contributed by atoms with E-state index in [1.807, 2.05) is 43.5 Å². The van der Waals surface area contributed by atoms with Gasteiger partial charge in [0.15, 0.2) is 0 Å². The molecule has 0 saturated carbocycles. The second-order valence-electron chi connectivity index (χ2n) is 4.31. The first-order valence-corrected chi connectivity index (χ1v) is 9.66. The lowest BCUT2D eigenvalue weighted by Gasteiger charge is -2.14. The first-order chi connectivity index (χ1) is 10.1. The van der Waals surface area contributed by atoms with Crippen LogP contribution in [-0.4, -0.2) is 16.8 Å². The highest BCUT2D eigenvalue weighted by Gasteiger charge is 2.11. The molecule has 0 spiro atoms. The summed E-state index contributed by atoms with van der Waals surface area (Å²) in [7, 11) is 0. The molecule has 0 amide bonds. The van der Waals surface area contributed by atoms with Gasteiger partial charge in [-0.15, -0.1) is 11.8 Å². The van der Waals surface area contributed by atoms with Crippen LogP contribution in [0.15, 0.2) is 39.6 Å². The first-order valence-electron chi connectivity index (χ1n) is 6.39. The summed E-state index contributed by atoms with van der Waals surface area (Å²) in [6.45, 7) is 2.62. The third-order valence-corrected chi connectivity index (χ3v) is 4.83. The molecule has 2 aromatic rings.